The lowest BCUT2D eigenvalue weighted by Crippen LogP contribution is -2.37. The van der Waals surface area contributed by atoms with Crippen LogP contribution in [0.15, 0.2) is 23.1 Å². The number of fused-ring (bicyclic) bond motifs is 1. The van der Waals surface area contributed by atoms with Crippen molar-refractivity contribution in [2.45, 2.75) is 43.2 Å². The molecule has 0 saturated heterocycles. The van der Waals surface area contributed by atoms with E-state index < -0.39 is 15.6 Å². The summed E-state index contributed by atoms with van der Waals surface area (Å²) in [6.45, 7) is 3.84. The van der Waals surface area contributed by atoms with Crippen LogP contribution >= 0.6 is 11.8 Å². The first-order valence-electron chi connectivity index (χ1n) is 7.22. The Labute approximate surface area is 136 Å². The summed E-state index contributed by atoms with van der Waals surface area (Å²) in [6, 6.07) is 4.91. The Morgan fingerprint density at radius 1 is 1.45 bits per heavy atom. The van der Waals surface area contributed by atoms with Crippen molar-refractivity contribution in [3.8, 4) is 5.75 Å². The smallest absolute Gasteiger partial charge is 0.244 e. The quantitative estimate of drug-likeness (QED) is 0.788. The predicted molar refractivity (Wildman–Crippen MR) is 89.0 cm³/mol. The van der Waals surface area contributed by atoms with E-state index >= 15 is 0 Å². The molecule has 1 atom stereocenters. The summed E-state index contributed by atoms with van der Waals surface area (Å²) in [5.41, 5.74) is 0.522. The van der Waals surface area contributed by atoms with Crippen LogP contribution in [0.1, 0.15) is 25.8 Å². The van der Waals surface area contributed by atoms with Crippen molar-refractivity contribution in [1.82, 2.24) is 4.72 Å². The van der Waals surface area contributed by atoms with Gasteiger partial charge in [0.15, 0.2) is 0 Å². The third-order valence-electron chi connectivity index (χ3n) is 3.51. The van der Waals surface area contributed by atoms with Crippen LogP contribution in [0.2, 0.25) is 0 Å². The Morgan fingerprint density at radius 2 is 2.18 bits per heavy atom. The van der Waals surface area contributed by atoms with Gasteiger partial charge >= 0.3 is 0 Å². The van der Waals surface area contributed by atoms with Gasteiger partial charge < -0.3 is 9.84 Å². The monoisotopic (exact) mass is 345 g/mol. The lowest BCUT2D eigenvalue weighted by molar-refractivity contribution is 0.135. The van der Waals surface area contributed by atoms with E-state index in [0.29, 0.717) is 24.3 Å². The number of aliphatic hydroxyl groups is 1. The molecule has 2 N–H and O–H groups in total. The van der Waals surface area contributed by atoms with E-state index in [4.69, 9.17) is 9.84 Å². The fourth-order valence-corrected chi connectivity index (χ4v) is 4.81. The van der Waals surface area contributed by atoms with E-state index in [0.717, 1.165) is 5.56 Å². The van der Waals surface area contributed by atoms with Crippen LogP contribution in [0.25, 0.3) is 0 Å². The molecule has 0 saturated carbocycles. The molecule has 1 aromatic carbocycles. The number of nitrogens with one attached hydrogen (secondary N) is 1. The van der Waals surface area contributed by atoms with Gasteiger partial charge in [-0.2, -0.15) is 11.8 Å². The highest BCUT2D eigenvalue weighted by atomic mass is 32.2. The number of hydrogen-bond acceptors (Lipinski definition) is 5. The Hall–Kier alpha value is -0.760. The first-order valence-corrected chi connectivity index (χ1v) is 10.1. The normalized spacial score (nSPS) is 17.8. The molecule has 0 aliphatic carbocycles. The average Bonchev–Trinajstić information content (AvgIpc) is 2.72. The predicted octanol–water partition coefficient (Wildman–Crippen LogP) is 1.79. The number of aliphatic hydroxyl groups excluding tert-OH is 1. The molecule has 1 aliphatic rings. The summed E-state index contributed by atoms with van der Waals surface area (Å²) < 4.78 is 33.9. The summed E-state index contributed by atoms with van der Waals surface area (Å²) in [7, 11) is -3.68. The van der Waals surface area contributed by atoms with Crippen LogP contribution in [0, 0.1) is 0 Å². The zero-order chi connectivity index (χ0) is 16.4. The minimum Gasteiger partial charge on any atom is -0.486 e. The number of thioether (sulfide) groups is 1. The van der Waals surface area contributed by atoms with E-state index in [2.05, 4.69) is 4.72 Å². The highest BCUT2D eigenvalue weighted by Crippen LogP contribution is 2.39. The molecule has 0 aromatic heterocycles. The van der Waals surface area contributed by atoms with Gasteiger partial charge in [0.25, 0.3) is 0 Å². The second kappa shape index (κ2) is 6.78. The SMILES string of the molecule is CSC[C@@H](CCO)NS(=O)(=O)c1cccc2c1OC(C)(C)C2. The van der Waals surface area contributed by atoms with Crippen molar-refractivity contribution in [3.63, 3.8) is 0 Å². The fraction of sp³-hybridized carbons (Fsp3) is 0.600. The molecular formula is C15H23NO4S2. The molecule has 7 heteroatoms. The van der Waals surface area contributed by atoms with Gasteiger partial charge in [0.05, 0.1) is 0 Å². The number of sulfonamides is 1. The highest BCUT2D eigenvalue weighted by Gasteiger charge is 2.35. The van der Waals surface area contributed by atoms with Crippen molar-refractivity contribution >= 4 is 21.8 Å². The van der Waals surface area contributed by atoms with Crippen LogP contribution < -0.4 is 9.46 Å². The van der Waals surface area contributed by atoms with Gasteiger partial charge in [-0.05, 0) is 38.2 Å². The molecular weight excluding hydrogens is 322 g/mol. The van der Waals surface area contributed by atoms with Crippen LogP contribution in [0.4, 0.5) is 0 Å². The van der Waals surface area contributed by atoms with E-state index in [9.17, 15) is 8.42 Å². The summed E-state index contributed by atoms with van der Waals surface area (Å²) in [4.78, 5) is 0.180. The number of hydrogen-bond donors (Lipinski definition) is 2. The first-order chi connectivity index (χ1) is 10.3. The maximum Gasteiger partial charge on any atom is 0.244 e. The highest BCUT2D eigenvalue weighted by molar-refractivity contribution is 7.98. The summed E-state index contributed by atoms with van der Waals surface area (Å²) in [6.07, 6.45) is 2.99. The van der Waals surface area contributed by atoms with Gasteiger partial charge in [0, 0.05) is 24.8 Å². The lowest BCUT2D eigenvalue weighted by atomic mass is 10.0. The van der Waals surface area contributed by atoms with Gasteiger partial charge in [0.1, 0.15) is 16.2 Å². The molecule has 22 heavy (non-hydrogen) atoms. The van der Waals surface area contributed by atoms with Crippen LogP contribution in [0.5, 0.6) is 5.75 Å². The van der Waals surface area contributed by atoms with E-state index in [1.54, 1.807) is 23.9 Å². The standard InChI is InChI=1S/C15H23NO4S2/c1-15(2)9-11-5-4-6-13(14(11)20-15)22(18,19)16-12(7-8-17)10-21-3/h4-6,12,16-17H,7-10H2,1-3H3/t12-/m1/s1. The second-order valence-electron chi connectivity index (χ2n) is 6.07. The van der Waals surface area contributed by atoms with Gasteiger partial charge in [-0.3, -0.25) is 0 Å². The van der Waals surface area contributed by atoms with E-state index in [1.807, 2.05) is 26.2 Å². The van der Waals surface area contributed by atoms with Crippen molar-refractivity contribution < 1.29 is 18.3 Å². The molecule has 1 aromatic rings. The third kappa shape index (κ3) is 3.95. The molecule has 124 valence electrons. The molecule has 5 nitrogen and oxygen atoms in total. The fourth-order valence-electron chi connectivity index (χ4n) is 2.62. The minimum absolute atomic E-state index is 0.0514. The maximum atomic E-state index is 12.7. The molecule has 0 amide bonds. The topological polar surface area (TPSA) is 75.6 Å². The van der Waals surface area contributed by atoms with E-state index in [-0.39, 0.29) is 17.5 Å². The zero-order valence-corrected chi connectivity index (χ0v) is 14.8. The van der Waals surface area contributed by atoms with Crippen molar-refractivity contribution in [1.29, 1.82) is 0 Å². The third-order valence-corrected chi connectivity index (χ3v) is 5.79. The van der Waals surface area contributed by atoms with Gasteiger partial charge in [-0.1, -0.05) is 12.1 Å². The number of rotatable bonds is 7. The zero-order valence-electron chi connectivity index (χ0n) is 13.1. The molecule has 0 fully saturated rings. The molecule has 0 spiro atoms. The van der Waals surface area contributed by atoms with Crippen LogP contribution in [0.3, 0.4) is 0 Å². The Balaban J connectivity index is 2.30. The maximum absolute atomic E-state index is 12.7. The Kier molecular flexibility index (Phi) is 5.42. The first kappa shape index (κ1) is 17.6. The van der Waals surface area contributed by atoms with Crippen molar-refractivity contribution in [2.75, 3.05) is 18.6 Å². The summed E-state index contributed by atoms with van der Waals surface area (Å²) >= 11 is 1.54. The van der Waals surface area contributed by atoms with Crippen molar-refractivity contribution in [3.05, 3.63) is 23.8 Å². The number of para-hydroxylation sites is 1. The van der Waals surface area contributed by atoms with Crippen LogP contribution in [-0.2, 0) is 16.4 Å². The largest absolute Gasteiger partial charge is 0.486 e. The molecule has 0 radical (unpaired) electrons. The number of benzene rings is 1. The van der Waals surface area contributed by atoms with Gasteiger partial charge in [-0.15, -0.1) is 0 Å². The average molecular weight is 345 g/mol. The molecule has 1 aliphatic heterocycles. The number of ether oxygens (including phenoxy) is 1. The lowest BCUT2D eigenvalue weighted by Gasteiger charge is -2.20. The summed E-state index contributed by atoms with van der Waals surface area (Å²) in [5, 5.41) is 9.09. The summed E-state index contributed by atoms with van der Waals surface area (Å²) in [5.74, 6) is 1.06. The van der Waals surface area contributed by atoms with Gasteiger partial charge in [-0.25, -0.2) is 13.1 Å². The molecule has 1 heterocycles. The van der Waals surface area contributed by atoms with Crippen molar-refractivity contribution in [2.24, 2.45) is 0 Å². The Morgan fingerprint density at radius 3 is 2.82 bits per heavy atom. The molecule has 0 unspecified atom stereocenters. The van der Waals surface area contributed by atoms with Gasteiger partial charge in [0.2, 0.25) is 10.0 Å². The van der Waals surface area contributed by atoms with E-state index in [1.165, 1.54) is 0 Å². The molecule has 2 rings (SSSR count). The second-order valence-corrected chi connectivity index (χ2v) is 8.66. The Bertz CT molecular complexity index is 622. The minimum atomic E-state index is -3.68. The van der Waals surface area contributed by atoms with Crippen LogP contribution in [-0.4, -0.2) is 43.8 Å². The molecule has 0 bridgehead atoms.